The molecule has 1 amide bonds. The molecule has 0 atom stereocenters. The third kappa shape index (κ3) is 5.37. The number of thioether (sulfide) groups is 1. The van der Waals surface area contributed by atoms with Crippen LogP contribution in [0.25, 0.3) is 16.8 Å². The molecule has 0 aliphatic carbocycles. The molecule has 0 radical (unpaired) electrons. The monoisotopic (exact) mass is 605 g/mol. The number of ether oxygens (including phenoxy) is 2. The summed E-state index contributed by atoms with van der Waals surface area (Å²) in [6.07, 6.45) is 1.69. The fourth-order valence-corrected chi connectivity index (χ4v) is 5.60. The van der Waals surface area contributed by atoms with Crippen LogP contribution < -0.4 is 9.47 Å². The van der Waals surface area contributed by atoms with Crippen molar-refractivity contribution in [2.24, 2.45) is 0 Å². The number of hydrogen-bond acceptors (Lipinski definition) is 6. The van der Waals surface area contributed by atoms with Crippen molar-refractivity contribution >= 4 is 79.6 Å². The summed E-state index contributed by atoms with van der Waals surface area (Å²) in [4.78, 5) is 25.1. The Morgan fingerprint density at radius 2 is 1.94 bits per heavy atom. The van der Waals surface area contributed by atoms with Gasteiger partial charge in [-0.2, -0.15) is 0 Å². The molecule has 1 aliphatic heterocycles. The van der Waals surface area contributed by atoms with Gasteiger partial charge in [-0.25, -0.2) is 0 Å². The van der Waals surface area contributed by atoms with Gasteiger partial charge in [0.1, 0.15) is 17.5 Å². The number of carboxylic acids is 1. The molecular formula is C25H20INO5S2. The van der Waals surface area contributed by atoms with E-state index in [0.29, 0.717) is 29.6 Å². The maximum Gasteiger partial charge on any atom is 0.323 e. The SMILES string of the molecule is CCOc1cc(/C=C2\SC(=S)N(CC(=O)O)C2=O)cc(I)c1OCc1cccc2ccccc12. The second-order valence-corrected chi connectivity index (χ2v) is 10.2. The highest BCUT2D eigenvalue weighted by Crippen LogP contribution is 2.38. The van der Waals surface area contributed by atoms with E-state index in [0.717, 1.165) is 42.1 Å². The van der Waals surface area contributed by atoms with Crippen molar-refractivity contribution in [3.63, 3.8) is 0 Å². The Bertz CT molecular complexity index is 1320. The molecule has 0 aromatic heterocycles. The van der Waals surface area contributed by atoms with E-state index in [1.165, 1.54) is 0 Å². The Hall–Kier alpha value is -2.63. The Morgan fingerprint density at radius 1 is 1.18 bits per heavy atom. The van der Waals surface area contributed by atoms with Crippen LogP contribution in [0.3, 0.4) is 0 Å². The fourth-order valence-electron chi connectivity index (χ4n) is 3.57. The Balaban J connectivity index is 1.61. The standard InChI is InChI=1S/C25H20INO5S2/c1-2-31-20-11-15(12-21-24(30)27(13-22(28)29)25(33)34-21)10-19(26)23(20)32-14-17-8-5-7-16-6-3-4-9-18(16)17/h3-12H,2,13-14H2,1H3,(H,28,29)/b21-12-. The number of carbonyl (C=O) groups is 2. The molecule has 6 nitrogen and oxygen atoms in total. The molecule has 4 rings (SSSR count). The summed E-state index contributed by atoms with van der Waals surface area (Å²) in [5.41, 5.74) is 1.81. The fraction of sp³-hybridized carbons (Fsp3) is 0.160. The van der Waals surface area contributed by atoms with Crippen LogP contribution in [0.1, 0.15) is 18.1 Å². The maximum atomic E-state index is 12.6. The molecule has 3 aromatic carbocycles. The van der Waals surface area contributed by atoms with Gasteiger partial charge in [-0.1, -0.05) is 66.4 Å². The van der Waals surface area contributed by atoms with Crippen LogP contribution in [0.2, 0.25) is 0 Å². The molecule has 34 heavy (non-hydrogen) atoms. The molecule has 0 saturated carbocycles. The molecule has 1 aliphatic rings. The van der Waals surface area contributed by atoms with E-state index >= 15 is 0 Å². The van der Waals surface area contributed by atoms with Crippen LogP contribution in [0.4, 0.5) is 0 Å². The zero-order chi connectivity index (χ0) is 24.2. The van der Waals surface area contributed by atoms with E-state index in [9.17, 15) is 9.59 Å². The van der Waals surface area contributed by atoms with Crippen molar-refractivity contribution in [1.29, 1.82) is 0 Å². The van der Waals surface area contributed by atoms with Crippen LogP contribution in [0, 0.1) is 3.57 Å². The number of amides is 1. The molecule has 1 heterocycles. The van der Waals surface area contributed by atoms with Gasteiger partial charge < -0.3 is 14.6 Å². The van der Waals surface area contributed by atoms with Crippen LogP contribution in [0.15, 0.2) is 59.5 Å². The highest BCUT2D eigenvalue weighted by molar-refractivity contribution is 14.1. The van der Waals surface area contributed by atoms with E-state index in [4.69, 9.17) is 26.8 Å². The van der Waals surface area contributed by atoms with Gasteiger partial charge in [0.25, 0.3) is 5.91 Å². The van der Waals surface area contributed by atoms with Crippen molar-refractivity contribution < 1.29 is 24.2 Å². The van der Waals surface area contributed by atoms with E-state index in [-0.39, 0.29) is 4.32 Å². The number of nitrogens with zero attached hydrogens (tertiary/aromatic N) is 1. The molecular weight excluding hydrogens is 585 g/mol. The lowest BCUT2D eigenvalue weighted by atomic mass is 10.1. The second kappa shape index (κ2) is 10.7. The first-order chi connectivity index (χ1) is 16.4. The van der Waals surface area contributed by atoms with Gasteiger partial charge in [0.2, 0.25) is 0 Å². The topological polar surface area (TPSA) is 76.1 Å². The lowest BCUT2D eigenvalue weighted by molar-refractivity contribution is -0.140. The highest BCUT2D eigenvalue weighted by atomic mass is 127. The maximum absolute atomic E-state index is 12.6. The third-order valence-electron chi connectivity index (χ3n) is 5.05. The van der Waals surface area contributed by atoms with Crippen molar-refractivity contribution in [1.82, 2.24) is 4.90 Å². The van der Waals surface area contributed by atoms with E-state index in [2.05, 4.69) is 40.8 Å². The highest BCUT2D eigenvalue weighted by Gasteiger charge is 2.33. The predicted octanol–water partition coefficient (Wildman–Crippen LogP) is 5.71. The van der Waals surface area contributed by atoms with Crippen molar-refractivity contribution in [2.45, 2.75) is 13.5 Å². The van der Waals surface area contributed by atoms with Gasteiger partial charge in [-0.05, 0) is 69.6 Å². The summed E-state index contributed by atoms with van der Waals surface area (Å²) in [6.45, 7) is 2.27. The first-order valence-corrected chi connectivity index (χ1v) is 12.7. The van der Waals surface area contributed by atoms with E-state index < -0.39 is 18.4 Å². The number of halogens is 1. The Labute approximate surface area is 220 Å². The number of carbonyl (C=O) groups excluding carboxylic acids is 1. The van der Waals surface area contributed by atoms with Gasteiger partial charge in [-0.3, -0.25) is 14.5 Å². The zero-order valence-corrected chi connectivity index (χ0v) is 21.9. The molecule has 0 spiro atoms. The number of hydrogen-bond donors (Lipinski definition) is 1. The Kier molecular flexibility index (Phi) is 7.74. The summed E-state index contributed by atoms with van der Waals surface area (Å²) < 4.78 is 13.1. The lowest BCUT2D eigenvalue weighted by Crippen LogP contribution is -2.33. The van der Waals surface area contributed by atoms with Gasteiger partial charge >= 0.3 is 5.97 Å². The quantitative estimate of drug-likeness (QED) is 0.200. The summed E-state index contributed by atoms with van der Waals surface area (Å²) in [6, 6.07) is 18.0. The molecule has 3 aromatic rings. The number of fused-ring (bicyclic) bond motifs is 1. The predicted molar refractivity (Wildman–Crippen MR) is 146 cm³/mol. The number of carboxylic acid groups (broad SMARTS) is 1. The molecule has 0 bridgehead atoms. The first-order valence-electron chi connectivity index (χ1n) is 10.4. The first kappa shape index (κ1) is 24.5. The minimum absolute atomic E-state index is 0.230. The van der Waals surface area contributed by atoms with E-state index in [1.54, 1.807) is 6.08 Å². The summed E-state index contributed by atoms with van der Waals surface area (Å²) in [5.74, 6) is -0.326. The molecule has 9 heteroatoms. The average Bonchev–Trinajstić information content (AvgIpc) is 3.05. The van der Waals surface area contributed by atoms with Crippen molar-refractivity contribution in [2.75, 3.05) is 13.2 Å². The van der Waals surface area contributed by atoms with E-state index in [1.807, 2.05) is 43.3 Å². The lowest BCUT2D eigenvalue weighted by Gasteiger charge is -2.16. The van der Waals surface area contributed by atoms with Crippen LogP contribution in [0.5, 0.6) is 11.5 Å². The summed E-state index contributed by atoms with van der Waals surface area (Å²) >= 11 is 8.45. The summed E-state index contributed by atoms with van der Waals surface area (Å²) in [7, 11) is 0. The normalized spacial score (nSPS) is 14.8. The van der Waals surface area contributed by atoms with Gasteiger partial charge in [0.15, 0.2) is 11.5 Å². The molecule has 1 saturated heterocycles. The Morgan fingerprint density at radius 3 is 2.71 bits per heavy atom. The summed E-state index contributed by atoms with van der Waals surface area (Å²) in [5, 5.41) is 11.3. The smallest absolute Gasteiger partial charge is 0.323 e. The zero-order valence-electron chi connectivity index (χ0n) is 18.1. The molecule has 1 fully saturated rings. The van der Waals surface area contributed by atoms with Crippen LogP contribution >= 0.6 is 46.6 Å². The third-order valence-corrected chi connectivity index (χ3v) is 7.23. The second-order valence-electron chi connectivity index (χ2n) is 7.35. The van der Waals surface area contributed by atoms with Crippen LogP contribution in [-0.4, -0.2) is 39.4 Å². The molecule has 0 unspecified atom stereocenters. The minimum Gasteiger partial charge on any atom is -0.490 e. The van der Waals surface area contributed by atoms with Gasteiger partial charge in [0.05, 0.1) is 15.1 Å². The van der Waals surface area contributed by atoms with Crippen LogP contribution in [-0.2, 0) is 16.2 Å². The van der Waals surface area contributed by atoms with Crippen molar-refractivity contribution in [3.05, 3.63) is 74.2 Å². The van der Waals surface area contributed by atoms with Crippen molar-refractivity contribution in [3.8, 4) is 11.5 Å². The van der Waals surface area contributed by atoms with Gasteiger partial charge in [-0.15, -0.1) is 0 Å². The minimum atomic E-state index is -1.11. The number of benzene rings is 3. The molecule has 174 valence electrons. The average molecular weight is 605 g/mol. The largest absolute Gasteiger partial charge is 0.490 e. The van der Waals surface area contributed by atoms with Gasteiger partial charge in [0, 0.05) is 0 Å². The molecule has 1 N–H and O–H groups in total. The number of aliphatic carboxylic acids is 1. The number of thiocarbonyl (C=S) groups is 1. The number of rotatable bonds is 8.